The average Bonchev–Trinajstić information content (AvgIpc) is 3.17. The van der Waals surface area contributed by atoms with E-state index in [1.807, 2.05) is 55.5 Å². The standard InChI is InChI=1S/C22H25N3O4/c1-4-5-14-29-20(26)15-25-22(17-8-12-19(28-3)13-9-17)21(23-24-25)16-6-10-18(27-2)11-7-16/h6-13H,4-5,14-15H2,1-3H3. The number of carbonyl (C=O) groups excluding carboxylic acids is 1. The predicted octanol–water partition coefficient (Wildman–Crippen LogP) is 3.97. The van der Waals surface area contributed by atoms with Crippen LogP contribution in [0.5, 0.6) is 11.5 Å². The van der Waals surface area contributed by atoms with Crippen LogP contribution >= 0.6 is 0 Å². The smallest absolute Gasteiger partial charge is 0.327 e. The van der Waals surface area contributed by atoms with Crippen molar-refractivity contribution in [3.63, 3.8) is 0 Å². The number of ether oxygens (including phenoxy) is 3. The lowest BCUT2D eigenvalue weighted by molar-refractivity contribution is -0.144. The Morgan fingerprint density at radius 3 is 2.07 bits per heavy atom. The van der Waals surface area contributed by atoms with E-state index in [1.54, 1.807) is 18.9 Å². The van der Waals surface area contributed by atoms with Crippen LogP contribution in [0.15, 0.2) is 48.5 Å². The summed E-state index contributed by atoms with van der Waals surface area (Å²) in [6.07, 6.45) is 1.81. The first-order valence-corrected chi connectivity index (χ1v) is 9.54. The molecule has 0 unspecified atom stereocenters. The van der Waals surface area contributed by atoms with Gasteiger partial charge in [-0.05, 0) is 55.0 Å². The highest BCUT2D eigenvalue weighted by Gasteiger charge is 2.19. The number of hydrogen-bond acceptors (Lipinski definition) is 6. The third kappa shape index (κ3) is 4.93. The summed E-state index contributed by atoms with van der Waals surface area (Å²) in [4.78, 5) is 12.3. The zero-order chi connectivity index (χ0) is 20.6. The van der Waals surface area contributed by atoms with Gasteiger partial charge >= 0.3 is 5.97 Å². The molecule has 0 amide bonds. The highest BCUT2D eigenvalue weighted by atomic mass is 16.5. The van der Waals surface area contributed by atoms with Gasteiger partial charge in [-0.15, -0.1) is 5.10 Å². The van der Waals surface area contributed by atoms with Gasteiger partial charge in [0.1, 0.15) is 23.7 Å². The minimum atomic E-state index is -0.334. The Morgan fingerprint density at radius 1 is 0.931 bits per heavy atom. The van der Waals surface area contributed by atoms with Crippen LogP contribution in [0.3, 0.4) is 0 Å². The molecule has 0 atom stereocenters. The average molecular weight is 395 g/mol. The zero-order valence-corrected chi connectivity index (χ0v) is 16.9. The van der Waals surface area contributed by atoms with Gasteiger partial charge in [-0.3, -0.25) is 4.79 Å². The summed E-state index contributed by atoms with van der Waals surface area (Å²) in [6, 6.07) is 15.1. The van der Waals surface area contributed by atoms with E-state index < -0.39 is 0 Å². The van der Waals surface area contributed by atoms with Crippen molar-refractivity contribution in [1.29, 1.82) is 0 Å². The van der Waals surface area contributed by atoms with Crippen LogP contribution < -0.4 is 9.47 Å². The summed E-state index contributed by atoms with van der Waals surface area (Å²) >= 11 is 0. The molecule has 3 aromatic rings. The van der Waals surface area contributed by atoms with Crippen LogP contribution in [0, 0.1) is 0 Å². The molecule has 7 heteroatoms. The Bertz CT molecular complexity index is 934. The molecule has 29 heavy (non-hydrogen) atoms. The van der Waals surface area contributed by atoms with E-state index in [0.29, 0.717) is 12.3 Å². The van der Waals surface area contributed by atoms with E-state index >= 15 is 0 Å². The summed E-state index contributed by atoms with van der Waals surface area (Å²) in [5.74, 6) is 1.17. The Balaban J connectivity index is 1.97. The van der Waals surface area contributed by atoms with Crippen molar-refractivity contribution in [2.45, 2.75) is 26.3 Å². The number of esters is 1. The summed E-state index contributed by atoms with van der Waals surface area (Å²) in [7, 11) is 3.24. The lowest BCUT2D eigenvalue weighted by Gasteiger charge is -2.10. The molecule has 0 N–H and O–H groups in total. The lowest BCUT2D eigenvalue weighted by Crippen LogP contribution is -2.16. The lowest BCUT2D eigenvalue weighted by atomic mass is 10.0. The van der Waals surface area contributed by atoms with Crippen LogP contribution in [0.2, 0.25) is 0 Å². The van der Waals surface area contributed by atoms with E-state index in [2.05, 4.69) is 10.3 Å². The van der Waals surface area contributed by atoms with Gasteiger partial charge in [0.2, 0.25) is 0 Å². The van der Waals surface area contributed by atoms with Crippen molar-refractivity contribution < 1.29 is 19.0 Å². The molecule has 0 saturated carbocycles. The van der Waals surface area contributed by atoms with Crippen molar-refractivity contribution in [1.82, 2.24) is 15.0 Å². The van der Waals surface area contributed by atoms with Crippen molar-refractivity contribution in [3.05, 3.63) is 48.5 Å². The van der Waals surface area contributed by atoms with Crippen molar-refractivity contribution in [2.75, 3.05) is 20.8 Å². The van der Waals surface area contributed by atoms with E-state index in [9.17, 15) is 4.79 Å². The maximum Gasteiger partial charge on any atom is 0.327 e. The molecule has 0 aliphatic heterocycles. The Labute approximate surface area is 170 Å². The Kier molecular flexibility index (Phi) is 6.84. The number of rotatable bonds is 9. The topological polar surface area (TPSA) is 75.5 Å². The minimum Gasteiger partial charge on any atom is -0.497 e. The normalized spacial score (nSPS) is 10.6. The zero-order valence-electron chi connectivity index (χ0n) is 16.9. The molecule has 0 radical (unpaired) electrons. The Hall–Kier alpha value is -3.35. The molecule has 0 saturated heterocycles. The maximum atomic E-state index is 12.3. The molecule has 3 rings (SSSR count). The molecular weight excluding hydrogens is 370 g/mol. The molecule has 0 bridgehead atoms. The summed E-state index contributed by atoms with van der Waals surface area (Å²) in [6.45, 7) is 2.45. The molecule has 0 fully saturated rings. The number of carbonyl (C=O) groups is 1. The molecule has 2 aromatic carbocycles. The maximum absolute atomic E-state index is 12.3. The first kappa shape index (κ1) is 20.4. The van der Waals surface area contributed by atoms with Crippen molar-refractivity contribution >= 4 is 5.97 Å². The van der Waals surface area contributed by atoms with Crippen LogP contribution in [-0.2, 0) is 16.1 Å². The highest BCUT2D eigenvalue weighted by Crippen LogP contribution is 2.32. The summed E-state index contributed by atoms with van der Waals surface area (Å²) < 4.78 is 17.4. The summed E-state index contributed by atoms with van der Waals surface area (Å²) in [5.41, 5.74) is 3.18. The fourth-order valence-corrected chi connectivity index (χ4v) is 2.90. The third-order valence-electron chi connectivity index (χ3n) is 4.50. The van der Waals surface area contributed by atoms with Gasteiger partial charge in [0.15, 0.2) is 0 Å². The van der Waals surface area contributed by atoms with Gasteiger partial charge < -0.3 is 14.2 Å². The number of methoxy groups -OCH3 is 2. The van der Waals surface area contributed by atoms with Gasteiger partial charge in [0, 0.05) is 11.1 Å². The van der Waals surface area contributed by atoms with E-state index in [1.165, 1.54) is 0 Å². The van der Waals surface area contributed by atoms with E-state index in [-0.39, 0.29) is 12.5 Å². The SMILES string of the molecule is CCCCOC(=O)Cn1nnc(-c2ccc(OC)cc2)c1-c1ccc(OC)cc1. The van der Waals surface area contributed by atoms with Gasteiger partial charge in [0.25, 0.3) is 0 Å². The summed E-state index contributed by atoms with van der Waals surface area (Å²) in [5, 5.41) is 8.57. The first-order chi connectivity index (χ1) is 14.2. The van der Waals surface area contributed by atoms with Crippen LogP contribution in [0.25, 0.3) is 22.5 Å². The molecule has 0 spiro atoms. The highest BCUT2D eigenvalue weighted by molar-refractivity contribution is 5.80. The number of hydrogen-bond donors (Lipinski definition) is 0. The number of aromatic nitrogens is 3. The quantitative estimate of drug-likeness (QED) is 0.403. The molecule has 1 aromatic heterocycles. The van der Waals surface area contributed by atoms with Gasteiger partial charge in [0.05, 0.1) is 26.5 Å². The number of nitrogens with zero attached hydrogens (tertiary/aromatic N) is 3. The van der Waals surface area contributed by atoms with Crippen LogP contribution in [0.1, 0.15) is 19.8 Å². The molecule has 152 valence electrons. The van der Waals surface area contributed by atoms with E-state index in [4.69, 9.17) is 14.2 Å². The molecule has 0 aliphatic carbocycles. The third-order valence-corrected chi connectivity index (χ3v) is 4.50. The molecule has 0 aliphatic rings. The largest absolute Gasteiger partial charge is 0.497 e. The first-order valence-electron chi connectivity index (χ1n) is 9.54. The molecular formula is C22H25N3O4. The fourth-order valence-electron chi connectivity index (χ4n) is 2.90. The second-order valence-electron chi connectivity index (χ2n) is 6.48. The van der Waals surface area contributed by atoms with Gasteiger partial charge in [-0.1, -0.05) is 18.6 Å². The van der Waals surface area contributed by atoms with Crippen molar-refractivity contribution in [3.8, 4) is 34.0 Å². The monoisotopic (exact) mass is 395 g/mol. The number of unbranched alkanes of at least 4 members (excludes halogenated alkanes) is 1. The van der Waals surface area contributed by atoms with Crippen LogP contribution in [0.4, 0.5) is 0 Å². The van der Waals surface area contributed by atoms with Crippen molar-refractivity contribution in [2.24, 2.45) is 0 Å². The number of benzene rings is 2. The fraction of sp³-hybridized carbons (Fsp3) is 0.318. The second kappa shape index (κ2) is 9.73. The van der Waals surface area contributed by atoms with Crippen LogP contribution in [-0.4, -0.2) is 41.8 Å². The predicted molar refractivity (Wildman–Crippen MR) is 110 cm³/mol. The minimum absolute atomic E-state index is 0.00572. The second-order valence-corrected chi connectivity index (χ2v) is 6.48. The Morgan fingerprint density at radius 2 is 1.52 bits per heavy atom. The molecule has 1 heterocycles. The molecule has 7 nitrogen and oxygen atoms in total. The van der Waals surface area contributed by atoms with Gasteiger partial charge in [-0.2, -0.15) is 0 Å². The van der Waals surface area contributed by atoms with E-state index in [0.717, 1.165) is 41.2 Å². The van der Waals surface area contributed by atoms with Gasteiger partial charge in [-0.25, -0.2) is 4.68 Å².